The molecule has 1 aliphatic rings. The van der Waals surface area contributed by atoms with Crippen molar-refractivity contribution in [2.24, 2.45) is 4.99 Å². The van der Waals surface area contributed by atoms with Crippen LogP contribution in [0, 0.1) is 6.92 Å². The number of rotatable bonds is 11. The fourth-order valence-electron chi connectivity index (χ4n) is 3.85. The van der Waals surface area contributed by atoms with Crippen LogP contribution in [-0.4, -0.2) is 54.1 Å². The van der Waals surface area contributed by atoms with E-state index in [9.17, 15) is 0 Å². The highest BCUT2D eigenvalue weighted by Crippen LogP contribution is 2.21. The molecule has 184 valence electrons. The highest BCUT2D eigenvalue weighted by atomic mass is 127. The van der Waals surface area contributed by atoms with Crippen LogP contribution >= 0.6 is 24.0 Å². The summed E-state index contributed by atoms with van der Waals surface area (Å²) in [5, 5.41) is 15.6. The molecule has 0 saturated carbocycles. The van der Waals surface area contributed by atoms with Gasteiger partial charge in [-0.05, 0) is 44.7 Å². The van der Waals surface area contributed by atoms with Gasteiger partial charge in [-0.25, -0.2) is 4.99 Å². The third kappa shape index (κ3) is 8.77. The van der Waals surface area contributed by atoms with Crippen LogP contribution in [0.4, 0.5) is 0 Å². The molecule has 8 nitrogen and oxygen atoms in total. The van der Waals surface area contributed by atoms with Crippen molar-refractivity contribution in [3.63, 3.8) is 0 Å². The normalized spacial score (nSPS) is 13.6. The molecule has 3 rings (SSSR count). The summed E-state index contributed by atoms with van der Waals surface area (Å²) < 4.78 is 13.3. The number of nitrogens with one attached hydrogen (secondary N) is 2. The van der Waals surface area contributed by atoms with Gasteiger partial charge in [0.2, 0.25) is 0 Å². The predicted octanol–water partition coefficient (Wildman–Crippen LogP) is 3.64. The van der Waals surface area contributed by atoms with E-state index in [4.69, 9.17) is 14.5 Å². The molecule has 1 aliphatic heterocycles. The second kappa shape index (κ2) is 15.1. The standard InChI is InChI=1S/C24H38N6O2.HI/c1-4-25-24(27-18-20-12-11-19(2)17-21(20)32-16-15-31-3)26-13-8-10-23-29-28-22-9-6-5-7-14-30(22)23;/h11-12,17H,4-10,13-16,18H2,1-3H3,(H2,25,26,27);1H. The average Bonchev–Trinajstić information content (AvgIpc) is 3.01. The first-order chi connectivity index (χ1) is 15.7. The van der Waals surface area contributed by atoms with Crippen LogP contribution < -0.4 is 15.4 Å². The van der Waals surface area contributed by atoms with Gasteiger partial charge < -0.3 is 24.7 Å². The Hall–Kier alpha value is -1.88. The Bertz CT molecular complexity index is 871. The molecule has 0 bridgehead atoms. The number of hydrogen-bond acceptors (Lipinski definition) is 5. The van der Waals surface area contributed by atoms with Crippen LogP contribution in [0.2, 0.25) is 0 Å². The molecule has 2 aromatic rings. The lowest BCUT2D eigenvalue weighted by atomic mass is 10.1. The van der Waals surface area contributed by atoms with Crippen LogP contribution in [0.15, 0.2) is 23.2 Å². The second-order valence-electron chi connectivity index (χ2n) is 8.17. The van der Waals surface area contributed by atoms with Gasteiger partial charge in [-0.3, -0.25) is 0 Å². The maximum atomic E-state index is 5.89. The lowest BCUT2D eigenvalue weighted by Gasteiger charge is -2.14. The van der Waals surface area contributed by atoms with Gasteiger partial charge >= 0.3 is 0 Å². The molecule has 0 unspecified atom stereocenters. The molecular formula is C24H39IN6O2. The summed E-state index contributed by atoms with van der Waals surface area (Å²) in [6.07, 6.45) is 6.70. The number of benzene rings is 1. The molecular weight excluding hydrogens is 531 g/mol. The van der Waals surface area contributed by atoms with Gasteiger partial charge in [0.15, 0.2) is 5.96 Å². The van der Waals surface area contributed by atoms with Gasteiger partial charge in [0.05, 0.1) is 13.2 Å². The first kappa shape index (κ1) is 27.4. The fourth-order valence-corrected chi connectivity index (χ4v) is 3.85. The molecule has 33 heavy (non-hydrogen) atoms. The predicted molar refractivity (Wildman–Crippen MR) is 143 cm³/mol. The van der Waals surface area contributed by atoms with Gasteiger partial charge in [-0.2, -0.15) is 0 Å². The zero-order valence-electron chi connectivity index (χ0n) is 20.2. The molecule has 0 aliphatic carbocycles. The quantitative estimate of drug-likeness (QED) is 0.186. The number of methoxy groups -OCH3 is 1. The molecule has 0 radical (unpaired) electrons. The molecule has 0 saturated heterocycles. The Morgan fingerprint density at radius 2 is 2.03 bits per heavy atom. The van der Waals surface area contributed by atoms with Crippen LogP contribution in [0.25, 0.3) is 0 Å². The molecule has 2 heterocycles. The summed E-state index contributed by atoms with van der Waals surface area (Å²) in [6.45, 7) is 8.49. The Morgan fingerprint density at radius 1 is 1.15 bits per heavy atom. The van der Waals surface area contributed by atoms with Gasteiger partial charge in [-0.15, -0.1) is 34.2 Å². The van der Waals surface area contributed by atoms with E-state index in [0.29, 0.717) is 19.8 Å². The Balaban J connectivity index is 0.00000385. The van der Waals surface area contributed by atoms with Crippen molar-refractivity contribution < 1.29 is 9.47 Å². The SMILES string of the molecule is CCNC(=NCc1ccc(C)cc1OCCOC)NCCCc1nnc2n1CCCCC2.I. The lowest BCUT2D eigenvalue weighted by molar-refractivity contribution is 0.145. The maximum absolute atomic E-state index is 5.89. The van der Waals surface area contributed by atoms with Crippen molar-refractivity contribution >= 4 is 29.9 Å². The lowest BCUT2D eigenvalue weighted by Crippen LogP contribution is -2.38. The number of aliphatic imine (C=N–C) groups is 1. The smallest absolute Gasteiger partial charge is 0.191 e. The van der Waals surface area contributed by atoms with Crippen LogP contribution in [-0.2, 0) is 30.7 Å². The van der Waals surface area contributed by atoms with Crippen molar-refractivity contribution in [3.05, 3.63) is 41.0 Å². The number of aromatic nitrogens is 3. The first-order valence-corrected chi connectivity index (χ1v) is 11.9. The maximum Gasteiger partial charge on any atom is 0.191 e. The van der Waals surface area contributed by atoms with Gasteiger partial charge in [-0.1, -0.05) is 18.6 Å². The fraction of sp³-hybridized carbons (Fsp3) is 0.625. The average molecular weight is 571 g/mol. The van der Waals surface area contributed by atoms with E-state index in [1.165, 1.54) is 24.8 Å². The van der Waals surface area contributed by atoms with Crippen molar-refractivity contribution in [3.8, 4) is 5.75 Å². The van der Waals surface area contributed by atoms with E-state index in [2.05, 4.69) is 57.4 Å². The Labute approximate surface area is 215 Å². The number of halogens is 1. The summed E-state index contributed by atoms with van der Waals surface area (Å²) >= 11 is 0. The molecule has 1 aromatic heterocycles. The van der Waals surface area contributed by atoms with Gasteiger partial charge in [0.25, 0.3) is 0 Å². The largest absolute Gasteiger partial charge is 0.491 e. The van der Waals surface area contributed by atoms with Crippen molar-refractivity contribution in [2.75, 3.05) is 33.4 Å². The summed E-state index contributed by atoms with van der Waals surface area (Å²) in [4.78, 5) is 4.77. The highest BCUT2D eigenvalue weighted by Gasteiger charge is 2.14. The zero-order valence-corrected chi connectivity index (χ0v) is 22.6. The number of hydrogen-bond donors (Lipinski definition) is 2. The molecule has 0 fully saturated rings. The van der Waals surface area contributed by atoms with E-state index in [1.807, 2.05) is 0 Å². The molecule has 0 spiro atoms. The molecule has 2 N–H and O–H groups in total. The monoisotopic (exact) mass is 570 g/mol. The summed E-state index contributed by atoms with van der Waals surface area (Å²) in [5.74, 6) is 3.95. The molecule has 0 amide bonds. The van der Waals surface area contributed by atoms with Gasteiger partial charge in [0, 0.05) is 45.1 Å². The summed E-state index contributed by atoms with van der Waals surface area (Å²) in [6, 6.07) is 6.24. The van der Waals surface area contributed by atoms with E-state index < -0.39 is 0 Å². The van der Waals surface area contributed by atoms with Crippen LogP contribution in [0.3, 0.4) is 0 Å². The van der Waals surface area contributed by atoms with Gasteiger partial charge in [0.1, 0.15) is 24.0 Å². The summed E-state index contributed by atoms with van der Waals surface area (Å²) in [5.41, 5.74) is 2.23. The molecule has 1 aromatic carbocycles. The summed E-state index contributed by atoms with van der Waals surface area (Å²) in [7, 11) is 1.68. The minimum atomic E-state index is 0. The minimum Gasteiger partial charge on any atom is -0.491 e. The number of nitrogens with zero attached hydrogens (tertiary/aromatic N) is 4. The molecule has 9 heteroatoms. The Kier molecular flexibility index (Phi) is 12.5. The first-order valence-electron chi connectivity index (χ1n) is 11.9. The van der Waals surface area contributed by atoms with E-state index in [-0.39, 0.29) is 24.0 Å². The third-order valence-electron chi connectivity index (χ3n) is 5.58. The number of fused-ring (bicyclic) bond motifs is 1. The number of aryl methyl sites for hydroxylation is 3. The van der Waals surface area contributed by atoms with E-state index >= 15 is 0 Å². The second-order valence-corrected chi connectivity index (χ2v) is 8.17. The zero-order chi connectivity index (χ0) is 22.6. The third-order valence-corrected chi connectivity index (χ3v) is 5.58. The Morgan fingerprint density at radius 3 is 2.85 bits per heavy atom. The highest BCUT2D eigenvalue weighted by molar-refractivity contribution is 14.0. The van der Waals surface area contributed by atoms with Crippen LogP contribution in [0.5, 0.6) is 5.75 Å². The minimum absolute atomic E-state index is 0. The van der Waals surface area contributed by atoms with Crippen molar-refractivity contribution in [1.82, 2.24) is 25.4 Å². The molecule has 0 atom stereocenters. The van der Waals surface area contributed by atoms with E-state index in [0.717, 1.165) is 67.8 Å². The van der Waals surface area contributed by atoms with Crippen molar-refractivity contribution in [2.45, 2.75) is 65.5 Å². The van der Waals surface area contributed by atoms with Crippen LogP contribution in [0.1, 0.15) is 55.4 Å². The topological polar surface area (TPSA) is 85.6 Å². The number of guanidine groups is 1. The van der Waals surface area contributed by atoms with E-state index in [1.54, 1.807) is 7.11 Å². The number of ether oxygens (including phenoxy) is 2. The van der Waals surface area contributed by atoms with Crippen molar-refractivity contribution in [1.29, 1.82) is 0 Å².